The Hall–Kier alpha value is -2.33. The normalized spacial score (nSPS) is 11.8. The molecule has 1 N–H and O–H groups in total. The number of ether oxygens (including phenoxy) is 2. The van der Waals surface area contributed by atoms with Gasteiger partial charge in [-0.1, -0.05) is 30.3 Å². The summed E-state index contributed by atoms with van der Waals surface area (Å²) in [6.07, 6.45) is -0.577. The van der Waals surface area contributed by atoms with Crippen molar-refractivity contribution >= 4 is 11.6 Å². The average molecular weight is 299 g/mol. The van der Waals surface area contributed by atoms with Crippen molar-refractivity contribution in [3.05, 3.63) is 59.7 Å². The van der Waals surface area contributed by atoms with Crippen LogP contribution in [0.1, 0.15) is 18.1 Å². The topological polar surface area (TPSA) is 47.6 Å². The lowest BCUT2D eigenvalue weighted by Gasteiger charge is -2.16. The SMILES string of the molecule is COCc1cccc(NC(=O)[C@H](C)Oc2ccccc2C)c1. The minimum atomic E-state index is -0.577. The highest BCUT2D eigenvalue weighted by molar-refractivity contribution is 5.94. The molecule has 0 spiro atoms. The van der Waals surface area contributed by atoms with Crippen LogP contribution in [-0.4, -0.2) is 19.1 Å². The molecule has 4 nitrogen and oxygen atoms in total. The van der Waals surface area contributed by atoms with Crippen LogP contribution in [-0.2, 0) is 16.1 Å². The summed E-state index contributed by atoms with van der Waals surface area (Å²) < 4.78 is 10.8. The van der Waals surface area contributed by atoms with E-state index in [4.69, 9.17) is 9.47 Å². The van der Waals surface area contributed by atoms with Gasteiger partial charge in [0, 0.05) is 12.8 Å². The van der Waals surface area contributed by atoms with Gasteiger partial charge in [0.15, 0.2) is 6.10 Å². The fourth-order valence-electron chi connectivity index (χ4n) is 2.08. The van der Waals surface area contributed by atoms with Gasteiger partial charge in [-0.15, -0.1) is 0 Å². The first-order valence-corrected chi connectivity index (χ1v) is 7.21. The first-order chi connectivity index (χ1) is 10.6. The first kappa shape index (κ1) is 16.0. The minimum absolute atomic E-state index is 0.183. The molecule has 0 aliphatic heterocycles. The van der Waals surface area contributed by atoms with E-state index >= 15 is 0 Å². The molecule has 0 saturated heterocycles. The maximum absolute atomic E-state index is 12.2. The van der Waals surface area contributed by atoms with E-state index in [1.807, 2.05) is 55.5 Å². The third-order valence-corrected chi connectivity index (χ3v) is 3.27. The lowest BCUT2D eigenvalue weighted by molar-refractivity contribution is -0.122. The van der Waals surface area contributed by atoms with Gasteiger partial charge in [0.25, 0.3) is 5.91 Å². The second-order valence-corrected chi connectivity index (χ2v) is 5.15. The van der Waals surface area contributed by atoms with Crippen molar-refractivity contribution < 1.29 is 14.3 Å². The number of rotatable bonds is 6. The molecule has 2 rings (SSSR count). The zero-order chi connectivity index (χ0) is 15.9. The van der Waals surface area contributed by atoms with Crippen LogP contribution in [0.5, 0.6) is 5.75 Å². The number of hydrogen-bond donors (Lipinski definition) is 1. The van der Waals surface area contributed by atoms with Crippen LogP contribution in [0.25, 0.3) is 0 Å². The number of hydrogen-bond acceptors (Lipinski definition) is 3. The number of carbonyl (C=O) groups excluding carboxylic acids is 1. The lowest BCUT2D eigenvalue weighted by atomic mass is 10.2. The molecule has 0 saturated carbocycles. The second-order valence-electron chi connectivity index (χ2n) is 5.15. The second kappa shape index (κ2) is 7.61. The Morgan fingerprint density at radius 3 is 2.68 bits per heavy atom. The third-order valence-electron chi connectivity index (χ3n) is 3.27. The van der Waals surface area contributed by atoms with E-state index in [0.717, 1.165) is 22.6 Å². The van der Waals surface area contributed by atoms with Gasteiger partial charge in [-0.2, -0.15) is 0 Å². The van der Waals surface area contributed by atoms with E-state index in [0.29, 0.717) is 6.61 Å². The molecule has 1 atom stereocenters. The van der Waals surface area contributed by atoms with Crippen molar-refractivity contribution in [1.82, 2.24) is 0 Å². The van der Waals surface area contributed by atoms with Gasteiger partial charge in [0.2, 0.25) is 0 Å². The van der Waals surface area contributed by atoms with Gasteiger partial charge in [-0.05, 0) is 43.2 Å². The van der Waals surface area contributed by atoms with E-state index < -0.39 is 6.10 Å². The van der Waals surface area contributed by atoms with Crippen LogP contribution in [0.15, 0.2) is 48.5 Å². The summed E-state index contributed by atoms with van der Waals surface area (Å²) in [6.45, 7) is 4.20. The van der Waals surface area contributed by atoms with Gasteiger partial charge >= 0.3 is 0 Å². The van der Waals surface area contributed by atoms with Crippen LogP contribution in [0.4, 0.5) is 5.69 Å². The Balaban J connectivity index is 1.99. The Bertz CT molecular complexity index is 640. The smallest absolute Gasteiger partial charge is 0.265 e. The molecule has 2 aromatic rings. The molecule has 1 amide bonds. The fraction of sp³-hybridized carbons (Fsp3) is 0.278. The average Bonchev–Trinajstić information content (AvgIpc) is 2.50. The molecular formula is C18H21NO3. The number of nitrogens with one attached hydrogen (secondary N) is 1. The lowest BCUT2D eigenvalue weighted by Crippen LogP contribution is -2.30. The van der Waals surface area contributed by atoms with Gasteiger partial charge in [0.05, 0.1) is 6.61 Å². The Morgan fingerprint density at radius 1 is 1.18 bits per heavy atom. The summed E-state index contributed by atoms with van der Waals surface area (Å²) in [5, 5.41) is 2.86. The number of methoxy groups -OCH3 is 1. The molecule has 4 heteroatoms. The van der Waals surface area contributed by atoms with E-state index in [1.165, 1.54) is 0 Å². The molecular weight excluding hydrogens is 278 g/mol. The molecule has 0 heterocycles. The van der Waals surface area contributed by atoms with Crippen LogP contribution >= 0.6 is 0 Å². The summed E-state index contributed by atoms with van der Waals surface area (Å²) in [5.41, 5.74) is 2.75. The summed E-state index contributed by atoms with van der Waals surface area (Å²) in [4.78, 5) is 12.2. The number of anilines is 1. The molecule has 0 fully saturated rings. The molecule has 2 aromatic carbocycles. The van der Waals surface area contributed by atoms with Crippen molar-refractivity contribution in [2.24, 2.45) is 0 Å². The molecule has 116 valence electrons. The number of benzene rings is 2. The van der Waals surface area contributed by atoms with Crippen LogP contribution in [0.2, 0.25) is 0 Å². The summed E-state index contributed by atoms with van der Waals surface area (Å²) in [6, 6.07) is 15.2. The maximum Gasteiger partial charge on any atom is 0.265 e. The highest BCUT2D eigenvalue weighted by atomic mass is 16.5. The highest BCUT2D eigenvalue weighted by Gasteiger charge is 2.15. The molecule has 0 aliphatic carbocycles. The summed E-state index contributed by atoms with van der Waals surface area (Å²) in [7, 11) is 1.64. The van der Waals surface area contributed by atoms with Crippen molar-refractivity contribution in [2.75, 3.05) is 12.4 Å². The number of aryl methyl sites for hydroxylation is 1. The van der Waals surface area contributed by atoms with Crippen molar-refractivity contribution in [2.45, 2.75) is 26.6 Å². The fourth-order valence-corrected chi connectivity index (χ4v) is 2.08. The summed E-state index contributed by atoms with van der Waals surface area (Å²) in [5.74, 6) is 0.538. The van der Waals surface area contributed by atoms with Crippen LogP contribution < -0.4 is 10.1 Å². The Kier molecular flexibility index (Phi) is 5.55. The van der Waals surface area contributed by atoms with Gasteiger partial charge in [-0.3, -0.25) is 4.79 Å². The molecule has 0 aromatic heterocycles. The molecule has 0 unspecified atom stereocenters. The van der Waals surface area contributed by atoms with Crippen molar-refractivity contribution in [3.63, 3.8) is 0 Å². The van der Waals surface area contributed by atoms with Crippen LogP contribution in [0, 0.1) is 6.92 Å². The van der Waals surface area contributed by atoms with Gasteiger partial charge < -0.3 is 14.8 Å². The zero-order valence-corrected chi connectivity index (χ0v) is 13.1. The minimum Gasteiger partial charge on any atom is -0.481 e. The number of carbonyl (C=O) groups is 1. The molecule has 22 heavy (non-hydrogen) atoms. The van der Waals surface area contributed by atoms with E-state index in [2.05, 4.69) is 5.32 Å². The first-order valence-electron chi connectivity index (χ1n) is 7.21. The Labute approximate surface area is 131 Å². The monoisotopic (exact) mass is 299 g/mol. The number of para-hydroxylation sites is 1. The van der Waals surface area contributed by atoms with Crippen LogP contribution in [0.3, 0.4) is 0 Å². The van der Waals surface area contributed by atoms with Gasteiger partial charge in [0.1, 0.15) is 5.75 Å². The molecule has 0 bridgehead atoms. The standard InChI is InChI=1S/C18H21NO3/c1-13-7-4-5-10-17(13)22-14(2)18(20)19-16-9-6-8-15(11-16)12-21-3/h4-11,14H,12H2,1-3H3,(H,19,20)/t14-/m0/s1. The van der Waals surface area contributed by atoms with E-state index in [9.17, 15) is 4.79 Å². The van der Waals surface area contributed by atoms with Crippen molar-refractivity contribution in [1.29, 1.82) is 0 Å². The summed E-state index contributed by atoms with van der Waals surface area (Å²) >= 11 is 0. The van der Waals surface area contributed by atoms with E-state index in [1.54, 1.807) is 14.0 Å². The number of amides is 1. The predicted octanol–water partition coefficient (Wildman–Crippen LogP) is 3.55. The largest absolute Gasteiger partial charge is 0.481 e. The highest BCUT2D eigenvalue weighted by Crippen LogP contribution is 2.18. The molecule has 0 radical (unpaired) electrons. The zero-order valence-electron chi connectivity index (χ0n) is 13.1. The van der Waals surface area contributed by atoms with Crippen molar-refractivity contribution in [3.8, 4) is 5.75 Å². The molecule has 0 aliphatic rings. The van der Waals surface area contributed by atoms with E-state index in [-0.39, 0.29) is 5.91 Å². The third kappa shape index (κ3) is 4.33. The van der Waals surface area contributed by atoms with Gasteiger partial charge in [-0.25, -0.2) is 0 Å². The predicted molar refractivity (Wildman–Crippen MR) is 87.1 cm³/mol. The quantitative estimate of drug-likeness (QED) is 0.887. The Morgan fingerprint density at radius 2 is 1.95 bits per heavy atom. The maximum atomic E-state index is 12.2.